The van der Waals surface area contributed by atoms with Crippen molar-refractivity contribution in [2.24, 2.45) is 0 Å². The second-order valence-electron chi connectivity index (χ2n) is 4.58. The van der Waals surface area contributed by atoms with E-state index in [0.29, 0.717) is 13.2 Å². The van der Waals surface area contributed by atoms with Crippen molar-refractivity contribution in [3.05, 3.63) is 23.3 Å². The largest absolute Gasteiger partial charge is 0.496 e. The summed E-state index contributed by atoms with van der Waals surface area (Å²) >= 11 is 0. The summed E-state index contributed by atoms with van der Waals surface area (Å²) in [4.78, 5) is 0. The van der Waals surface area contributed by atoms with Crippen LogP contribution >= 0.6 is 0 Å². The van der Waals surface area contributed by atoms with Crippen molar-refractivity contribution in [1.29, 1.82) is 0 Å². The molecule has 0 N–H and O–H groups in total. The molecule has 0 aliphatic carbocycles. The minimum Gasteiger partial charge on any atom is -0.496 e. The van der Waals surface area contributed by atoms with Crippen LogP contribution in [0.4, 0.5) is 0 Å². The van der Waals surface area contributed by atoms with E-state index >= 15 is 0 Å². The maximum absolute atomic E-state index is 5.53. The van der Waals surface area contributed by atoms with Gasteiger partial charge in [-0.3, -0.25) is 0 Å². The van der Waals surface area contributed by atoms with Gasteiger partial charge >= 0.3 is 0 Å². The van der Waals surface area contributed by atoms with Crippen molar-refractivity contribution in [2.75, 3.05) is 27.4 Å². The molecule has 19 heavy (non-hydrogen) atoms. The molecule has 0 aromatic heterocycles. The summed E-state index contributed by atoms with van der Waals surface area (Å²) < 4.78 is 22.0. The number of benzene rings is 1. The maximum atomic E-state index is 5.53. The van der Waals surface area contributed by atoms with E-state index in [0.717, 1.165) is 41.9 Å². The molecule has 0 spiro atoms. The second-order valence-corrected chi connectivity index (χ2v) is 4.58. The third-order valence-electron chi connectivity index (χ3n) is 3.30. The molecule has 1 aromatic carbocycles. The second kappa shape index (κ2) is 6.78. The zero-order chi connectivity index (χ0) is 13.7. The van der Waals surface area contributed by atoms with Crippen molar-refractivity contribution in [1.82, 2.24) is 0 Å². The summed E-state index contributed by atoms with van der Waals surface area (Å²) in [6, 6.07) is 3.98. The van der Waals surface area contributed by atoms with Crippen LogP contribution < -0.4 is 9.47 Å². The molecule has 0 amide bonds. The molecular formula is C15H22O4. The van der Waals surface area contributed by atoms with Crippen LogP contribution in [0, 0.1) is 0 Å². The molecule has 1 fully saturated rings. The van der Waals surface area contributed by atoms with Crippen LogP contribution in [-0.2, 0) is 15.9 Å². The summed E-state index contributed by atoms with van der Waals surface area (Å²) in [6.07, 6.45) is 2.91. The number of ether oxygens (including phenoxy) is 4. The van der Waals surface area contributed by atoms with Crippen molar-refractivity contribution >= 4 is 0 Å². The van der Waals surface area contributed by atoms with E-state index in [1.54, 1.807) is 14.2 Å². The third-order valence-corrected chi connectivity index (χ3v) is 3.30. The lowest BCUT2D eigenvalue weighted by Gasteiger charge is -2.17. The average molecular weight is 266 g/mol. The molecule has 0 radical (unpaired) electrons. The van der Waals surface area contributed by atoms with Gasteiger partial charge in [0.15, 0.2) is 6.29 Å². The van der Waals surface area contributed by atoms with Gasteiger partial charge in [-0.15, -0.1) is 0 Å². The van der Waals surface area contributed by atoms with Crippen LogP contribution in [0.5, 0.6) is 11.5 Å². The van der Waals surface area contributed by atoms with Gasteiger partial charge in [0.2, 0.25) is 0 Å². The van der Waals surface area contributed by atoms with Crippen LogP contribution in [0.3, 0.4) is 0 Å². The fourth-order valence-corrected chi connectivity index (χ4v) is 2.29. The molecule has 0 bridgehead atoms. The number of unbranched alkanes of at least 4 members (excludes halogenated alkanes) is 1. The van der Waals surface area contributed by atoms with E-state index < -0.39 is 0 Å². The van der Waals surface area contributed by atoms with Gasteiger partial charge < -0.3 is 18.9 Å². The van der Waals surface area contributed by atoms with Gasteiger partial charge in [0.1, 0.15) is 11.5 Å². The number of rotatable bonds is 6. The van der Waals surface area contributed by atoms with Gasteiger partial charge in [-0.2, -0.15) is 0 Å². The van der Waals surface area contributed by atoms with Gasteiger partial charge in [-0.1, -0.05) is 13.3 Å². The average Bonchev–Trinajstić information content (AvgIpc) is 2.98. The summed E-state index contributed by atoms with van der Waals surface area (Å²) in [5.74, 6) is 1.70. The molecule has 1 aromatic rings. The monoisotopic (exact) mass is 266 g/mol. The first kappa shape index (κ1) is 14.2. The molecule has 0 atom stereocenters. The highest BCUT2D eigenvalue weighted by Crippen LogP contribution is 2.36. The first-order valence-corrected chi connectivity index (χ1v) is 6.78. The Morgan fingerprint density at radius 3 is 2.16 bits per heavy atom. The van der Waals surface area contributed by atoms with Crippen LogP contribution in [0.2, 0.25) is 0 Å². The van der Waals surface area contributed by atoms with Crippen LogP contribution in [0.1, 0.15) is 37.2 Å². The standard InChI is InChI=1S/C15H22O4/c1-4-5-6-12-13(16-2)9-11(10-14(12)17-3)15-18-7-8-19-15/h9-10,15H,4-8H2,1-3H3. The van der Waals surface area contributed by atoms with E-state index in [2.05, 4.69) is 6.92 Å². The van der Waals surface area contributed by atoms with E-state index in [1.165, 1.54) is 0 Å². The number of hydrogen-bond donors (Lipinski definition) is 0. The minimum absolute atomic E-state index is 0.303. The van der Waals surface area contributed by atoms with Gasteiger partial charge in [0, 0.05) is 11.1 Å². The summed E-state index contributed by atoms with van der Waals surface area (Å²) in [5.41, 5.74) is 2.07. The van der Waals surface area contributed by atoms with E-state index in [-0.39, 0.29) is 6.29 Å². The van der Waals surface area contributed by atoms with Gasteiger partial charge in [0.05, 0.1) is 27.4 Å². The fourth-order valence-electron chi connectivity index (χ4n) is 2.29. The van der Waals surface area contributed by atoms with Gasteiger partial charge in [0.25, 0.3) is 0 Å². The zero-order valence-corrected chi connectivity index (χ0v) is 11.9. The summed E-state index contributed by atoms with van der Waals surface area (Å²) in [7, 11) is 3.37. The Bertz CT molecular complexity index is 386. The van der Waals surface area contributed by atoms with Crippen molar-refractivity contribution < 1.29 is 18.9 Å². The Labute approximate surface area is 114 Å². The highest BCUT2D eigenvalue weighted by atomic mass is 16.7. The molecule has 4 heteroatoms. The summed E-state index contributed by atoms with van der Waals surface area (Å²) in [6.45, 7) is 3.44. The molecule has 2 rings (SSSR count). The molecule has 0 unspecified atom stereocenters. The Morgan fingerprint density at radius 1 is 1.11 bits per heavy atom. The topological polar surface area (TPSA) is 36.9 Å². The van der Waals surface area contributed by atoms with E-state index in [1.807, 2.05) is 12.1 Å². The van der Waals surface area contributed by atoms with Crippen LogP contribution in [0.25, 0.3) is 0 Å². The Balaban J connectivity index is 2.32. The molecule has 1 aliphatic heterocycles. The fraction of sp³-hybridized carbons (Fsp3) is 0.600. The first-order chi connectivity index (χ1) is 9.30. The number of methoxy groups -OCH3 is 2. The van der Waals surface area contributed by atoms with Crippen molar-refractivity contribution in [3.63, 3.8) is 0 Å². The highest BCUT2D eigenvalue weighted by Gasteiger charge is 2.22. The maximum Gasteiger partial charge on any atom is 0.184 e. The lowest BCUT2D eigenvalue weighted by Crippen LogP contribution is -2.03. The van der Waals surface area contributed by atoms with Crippen molar-refractivity contribution in [3.8, 4) is 11.5 Å². The predicted molar refractivity (Wildman–Crippen MR) is 72.8 cm³/mol. The molecule has 4 nitrogen and oxygen atoms in total. The smallest absolute Gasteiger partial charge is 0.184 e. The van der Waals surface area contributed by atoms with Crippen LogP contribution in [-0.4, -0.2) is 27.4 Å². The van der Waals surface area contributed by atoms with Gasteiger partial charge in [-0.25, -0.2) is 0 Å². The predicted octanol–water partition coefficient (Wildman–Crippen LogP) is 3.09. The van der Waals surface area contributed by atoms with Crippen LogP contribution in [0.15, 0.2) is 12.1 Å². The Hall–Kier alpha value is -1.26. The lowest BCUT2D eigenvalue weighted by molar-refractivity contribution is -0.0443. The Kier molecular flexibility index (Phi) is 5.05. The van der Waals surface area contributed by atoms with Gasteiger partial charge in [-0.05, 0) is 25.0 Å². The van der Waals surface area contributed by atoms with Crippen molar-refractivity contribution in [2.45, 2.75) is 32.5 Å². The Morgan fingerprint density at radius 2 is 1.68 bits per heavy atom. The quantitative estimate of drug-likeness (QED) is 0.793. The lowest BCUT2D eigenvalue weighted by atomic mass is 10.0. The molecule has 0 saturated carbocycles. The minimum atomic E-state index is -0.303. The number of hydrogen-bond acceptors (Lipinski definition) is 4. The van der Waals surface area contributed by atoms with E-state index in [4.69, 9.17) is 18.9 Å². The zero-order valence-electron chi connectivity index (χ0n) is 11.9. The SMILES string of the molecule is CCCCc1c(OC)cc(C2OCCO2)cc1OC. The summed E-state index contributed by atoms with van der Waals surface area (Å²) in [5, 5.41) is 0. The molecule has 1 aliphatic rings. The first-order valence-electron chi connectivity index (χ1n) is 6.78. The highest BCUT2D eigenvalue weighted by molar-refractivity contribution is 5.48. The molecular weight excluding hydrogens is 244 g/mol. The molecule has 1 saturated heterocycles. The molecule has 106 valence electrons. The molecule has 1 heterocycles. The van der Waals surface area contributed by atoms with E-state index in [9.17, 15) is 0 Å². The normalized spacial score (nSPS) is 15.7. The third kappa shape index (κ3) is 3.19.